The van der Waals surface area contributed by atoms with Gasteiger partial charge in [-0.2, -0.15) is 5.10 Å². The Balaban J connectivity index is 2.09. The average Bonchev–Trinajstić information content (AvgIpc) is 3.43. The summed E-state index contributed by atoms with van der Waals surface area (Å²) in [6.07, 6.45) is 7.69. The molecule has 0 aliphatic rings. The highest BCUT2D eigenvalue weighted by Crippen LogP contribution is 2.38. The average molecular weight is 538 g/mol. The van der Waals surface area contributed by atoms with Crippen molar-refractivity contribution in [2.24, 2.45) is 0 Å². The molecule has 3 rings (SSSR count). The molecule has 0 N–H and O–H groups in total. The Labute approximate surface area is 237 Å². The Kier molecular flexibility index (Phi) is 7.64. The Morgan fingerprint density at radius 1 is 0.615 bits per heavy atom. The molecule has 0 spiro atoms. The fourth-order valence-corrected chi connectivity index (χ4v) is 5.82. The summed E-state index contributed by atoms with van der Waals surface area (Å²) in [5.41, 5.74) is 4.33. The molecule has 3 aromatic rings. The van der Waals surface area contributed by atoms with Crippen molar-refractivity contribution in [1.82, 2.24) is 34.1 Å². The van der Waals surface area contributed by atoms with E-state index in [1.165, 1.54) is 17.0 Å². The number of imidazole rings is 1. The predicted octanol–water partition coefficient (Wildman–Crippen LogP) is 7.27. The van der Waals surface area contributed by atoms with Crippen LogP contribution in [-0.4, -0.2) is 34.1 Å². The molecule has 0 unspecified atom stereocenters. The van der Waals surface area contributed by atoms with Gasteiger partial charge in [-0.25, -0.2) is 4.98 Å². The molecule has 218 valence electrons. The van der Waals surface area contributed by atoms with Crippen LogP contribution in [0.3, 0.4) is 0 Å². The van der Waals surface area contributed by atoms with Crippen LogP contribution in [0.1, 0.15) is 139 Å². The van der Waals surface area contributed by atoms with Crippen molar-refractivity contribution < 1.29 is 0 Å². The molecule has 39 heavy (non-hydrogen) atoms. The molecule has 0 fully saturated rings. The molecule has 0 aromatic carbocycles. The number of nitrogens with zero attached hydrogens (tertiary/aromatic N) is 7. The molecule has 0 aliphatic carbocycles. The lowest BCUT2D eigenvalue weighted by atomic mass is 9.82. The summed E-state index contributed by atoms with van der Waals surface area (Å²) in [5, 5.41) is 13.7. The summed E-state index contributed by atoms with van der Waals surface area (Å²) < 4.78 is 6.88. The summed E-state index contributed by atoms with van der Waals surface area (Å²) in [5.74, 6) is 0.996. The number of hydrogen-bond acceptors (Lipinski definition) is 4. The third-order valence-electron chi connectivity index (χ3n) is 7.49. The summed E-state index contributed by atoms with van der Waals surface area (Å²) in [6, 6.07) is 0. The Hall–Kier alpha value is -2.44. The quantitative estimate of drug-likeness (QED) is 0.331. The van der Waals surface area contributed by atoms with Gasteiger partial charge in [0.25, 0.3) is 0 Å². The Morgan fingerprint density at radius 3 is 1.64 bits per heavy atom. The van der Waals surface area contributed by atoms with Gasteiger partial charge in [0.2, 0.25) is 0 Å². The lowest BCUT2D eigenvalue weighted by Gasteiger charge is -2.36. The van der Waals surface area contributed by atoms with E-state index in [1.807, 2.05) is 6.33 Å². The van der Waals surface area contributed by atoms with Gasteiger partial charge in [0, 0.05) is 45.1 Å². The first-order valence-corrected chi connectivity index (χ1v) is 14.4. The second-order valence-electron chi connectivity index (χ2n) is 16.8. The van der Waals surface area contributed by atoms with E-state index < -0.39 is 0 Å². The van der Waals surface area contributed by atoms with Crippen LogP contribution in [-0.2, 0) is 45.7 Å². The van der Waals surface area contributed by atoms with Gasteiger partial charge in [-0.1, -0.05) is 62.3 Å². The summed E-state index contributed by atoms with van der Waals surface area (Å²) in [6.45, 7) is 36.2. The van der Waals surface area contributed by atoms with Crippen molar-refractivity contribution in [3.8, 4) is 0 Å². The van der Waals surface area contributed by atoms with Crippen LogP contribution in [0.25, 0.3) is 0 Å². The van der Waals surface area contributed by atoms with Gasteiger partial charge in [0.1, 0.15) is 12.2 Å². The van der Waals surface area contributed by atoms with Crippen molar-refractivity contribution in [3.05, 3.63) is 47.3 Å². The van der Waals surface area contributed by atoms with Crippen LogP contribution in [0.2, 0.25) is 0 Å². The van der Waals surface area contributed by atoms with Gasteiger partial charge in [0.15, 0.2) is 0 Å². The molecule has 0 radical (unpaired) electrons. The standard InChI is InChI=1S/C32H55N7/c1-27(2,3)24-22(19-35-39(24)30(10,11)12)17-31(13,14)37-20-33-23(25(37)28(4,5)6)18-32(15,16)38-21-34-36-26(38)29(7,8)9/h19-21H,17-18H2,1-16H3. The van der Waals surface area contributed by atoms with Gasteiger partial charge in [-0.05, 0) is 60.5 Å². The van der Waals surface area contributed by atoms with Gasteiger partial charge >= 0.3 is 0 Å². The normalized spacial score (nSPS) is 14.4. The summed E-state index contributed by atoms with van der Waals surface area (Å²) >= 11 is 0. The molecule has 7 heteroatoms. The van der Waals surface area contributed by atoms with Crippen LogP contribution >= 0.6 is 0 Å². The van der Waals surface area contributed by atoms with Gasteiger partial charge in [0.05, 0.1) is 23.8 Å². The van der Waals surface area contributed by atoms with E-state index in [1.54, 1.807) is 0 Å². The van der Waals surface area contributed by atoms with Crippen molar-refractivity contribution >= 4 is 0 Å². The second kappa shape index (κ2) is 9.59. The zero-order chi connectivity index (χ0) is 30.0. The maximum absolute atomic E-state index is 5.08. The highest BCUT2D eigenvalue weighted by molar-refractivity contribution is 5.30. The predicted molar refractivity (Wildman–Crippen MR) is 162 cm³/mol. The van der Waals surface area contributed by atoms with E-state index in [0.29, 0.717) is 0 Å². The summed E-state index contributed by atoms with van der Waals surface area (Å²) in [4.78, 5) is 5.08. The molecule has 3 aromatic heterocycles. The van der Waals surface area contributed by atoms with Crippen LogP contribution in [0.5, 0.6) is 0 Å². The number of aromatic nitrogens is 7. The third kappa shape index (κ3) is 6.33. The molecule has 0 bridgehead atoms. The van der Waals surface area contributed by atoms with E-state index >= 15 is 0 Å². The fraction of sp³-hybridized carbons (Fsp3) is 0.750. The first-order valence-electron chi connectivity index (χ1n) is 14.4. The molecule has 0 atom stereocenters. The van der Waals surface area contributed by atoms with Gasteiger partial charge in [-0.3, -0.25) is 4.68 Å². The maximum Gasteiger partial charge on any atom is 0.138 e. The van der Waals surface area contributed by atoms with Crippen molar-refractivity contribution in [3.63, 3.8) is 0 Å². The highest BCUT2D eigenvalue weighted by atomic mass is 15.3. The second-order valence-corrected chi connectivity index (χ2v) is 16.8. The highest BCUT2D eigenvalue weighted by Gasteiger charge is 2.37. The monoisotopic (exact) mass is 537 g/mol. The SMILES string of the molecule is CC(C)(C)c1nncn1C(C)(C)Cc1ncn(C(C)(C)Cc2cnn(C(C)(C)C)c2C(C)(C)C)c1C(C)(C)C. The Morgan fingerprint density at radius 2 is 1.15 bits per heavy atom. The minimum atomic E-state index is -0.233. The molecule has 0 saturated carbocycles. The van der Waals surface area contributed by atoms with E-state index in [2.05, 4.69) is 147 Å². The van der Waals surface area contributed by atoms with Crippen LogP contribution in [0, 0.1) is 0 Å². The van der Waals surface area contributed by atoms with E-state index in [-0.39, 0.29) is 32.9 Å². The van der Waals surface area contributed by atoms with E-state index in [4.69, 9.17) is 10.1 Å². The Bertz CT molecular complexity index is 1290. The van der Waals surface area contributed by atoms with Crippen LogP contribution < -0.4 is 0 Å². The largest absolute Gasteiger partial charge is 0.328 e. The zero-order valence-corrected chi connectivity index (χ0v) is 27.8. The van der Waals surface area contributed by atoms with Crippen molar-refractivity contribution in [1.29, 1.82) is 0 Å². The summed E-state index contributed by atoms with van der Waals surface area (Å²) in [7, 11) is 0. The van der Waals surface area contributed by atoms with Gasteiger partial charge < -0.3 is 9.13 Å². The topological polar surface area (TPSA) is 66.3 Å². The lowest BCUT2D eigenvalue weighted by Crippen LogP contribution is -2.37. The van der Waals surface area contributed by atoms with Crippen LogP contribution in [0.4, 0.5) is 0 Å². The zero-order valence-electron chi connectivity index (χ0n) is 27.8. The van der Waals surface area contributed by atoms with E-state index in [0.717, 1.165) is 24.4 Å². The maximum atomic E-state index is 5.08. The number of hydrogen-bond donors (Lipinski definition) is 0. The number of rotatable bonds is 6. The van der Waals surface area contributed by atoms with Crippen molar-refractivity contribution in [2.75, 3.05) is 0 Å². The molecular weight excluding hydrogens is 482 g/mol. The first-order chi connectivity index (χ1) is 17.4. The molecule has 7 nitrogen and oxygen atoms in total. The molecule has 0 saturated heterocycles. The molecule has 3 heterocycles. The fourth-order valence-electron chi connectivity index (χ4n) is 5.82. The molecule has 0 aliphatic heterocycles. The minimum Gasteiger partial charge on any atom is -0.328 e. The first kappa shape index (κ1) is 31.1. The van der Waals surface area contributed by atoms with Gasteiger partial charge in [-0.15, -0.1) is 10.2 Å². The lowest BCUT2D eigenvalue weighted by molar-refractivity contribution is 0.301. The minimum absolute atomic E-state index is 0.0181. The van der Waals surface area contributed by atoms with Crippen molar-refractivity contribution in [2.45, 2.75) is 156 Å². The molecular formula is C32H55N7. The van der Waals surface area contributed by atoms with E-state index in [9.17, 15) is 0 Å². The van der Waals surface area contributed by atoms with Crippen LogP contribution in [0.15, 0.2) is 18.9 Å². The smallest absolute Gasteiger partial charge is 0.138 e. The molecule has 0 amide bonds. The third-order valence-corrected chi connectivity index (χ3v) is 7.49.